The van der Waals surface area contributed by atoms with Gasteiger partial charge in [-0.15, -0.1) is 0 Å². The highest BCUT2D eigenvalue weighted by atomic mass is 15.3. The largest absolute Gasteiger partial charge is 0.378 e. The van der Waals surface area contributed by atoms with Crippen molar-refractivity contribution in [1.29, 1.82) is 0 Å². The molecule has 90 valence electrons. The van der Waals surface area contributed by atoms with Crippen molar-refractivity contribution in [2.45, 2.75) is 6.54 Å². The van der Waals surface area contributed by atoms with Crippen molar-refractivity contribution in [3.05, 3.63) is 54.5 Å². The van der Waals surface area contributed by atoms with Crippen molar-refractivity contribution in [3.8, 4) is 0 Å². The van der Waals surface area contributed by atoms with Crippen molar-refractivity contribution < 1.29 is 0 Å². The van der Waals surface area contributed by atoms with E-state index >= 15 is 0 Å². The first-order valence-electron chi connectivity index (χ1n) is 5.87. The average Bonchev–Trinajstić information content (AvgIpc) is 2.82. The molecule has 4 nitrogen and oxygen atoms in total. The van der Waals surface area contributed by atoms with E-state index in [1.165, 1.54) is 10.9 Å². The first-order chi connectivity index (χ1) is 8.81. The summed E-state index contributed by atoms with van der Waals surface area (Å²) in [6.45, 7) is 0.788. The van der Waals surface area contributed by atoms with Gasteiger partial charge >= 0.3 is 0 Å². The first kappa shape index (κ1) is 10.8. The predicted octanol–water partition coefficient (Wildman–Crippen LogP) is 2.58. The van der Waals surface area contributed by atoms with Gasteiger partial charge in [0.1, 0.15) is 0 Å². The van der Waals surface area contributed by atoms with Crippen LogP contribution in [0.3, 0.4) is 0 Å². The first-order valence-corrected chi connectivity index (χ1v) is 5.87. The van der Waals surface area contributed by atoms with Crippen LogP contribution in [0.15, 0.2) is 48.9 Å². The minimum atomic E-state index is 0.788. The lowest BCUT2D eigenvalue weighted by Gasteiger charge is -2.05. The number of benzene rings is 1. The fraction of sp³-hybridized carbons (Fsp3) is 0.143. The minimum Gasteiger partial charge on any atom is -0.378 e. The van der Waals surface area contributed by atoms with Crippen molar-refractivity contribution >= 4 is 16.6 Å². The number of nitrogens with one attached hydrogen (secondary N) is 1. The van der Waals surface area contributed by atoms with E-state index in [1.807, 2.05) is 31.7 Å². The molecule has 2 heterocycles. The topological polar surface area (TPSA) is 42.7 Å². The van der Waals surface area contributed by atoms with Gasteiger partial charge in [-0.05, 0) is 23.8 Å². The quantitative estimate of drug-likeness (QED) is 0.762. The molecule has 0 fully saturated rings. The van der Waals surface area contributed by atoms with Gasteiger partial charge in [0.15, 0.2) is 0 Å². The molecule has 0 unspecified atom stereocenters. The summed E-state index contributed by atoms with van der Waals surface area (Å²) in [5.41, 5.74) is 3.30. The molecule has 3 aromatic rings. The maximum absolute atomic E-state index is 4.31. The Morgan fingerprint density at radius 2 is 2.22 bits per heavy atom. The minimum absolute atomic E-state index is 0.788. The molecule has 2 aromatic heterocycles. The molecule has 0 saturated heterocycles. The highest BCUT2D eigenvalue weighted by molar-refractivity contribution is 5.78. The smallest absolute Gasteiger partial charge is 0.0729 e. The highest BCUT2D eigenvalue weighted by Gasteiger charge is 1.98. The lowest BCUT2D eigenvalue weighted by atomic mass is 10.1. The fourth-order valence-corrected chi connectivity index (χ4v) is 1.95. The fourth-order valence-electron chi connectivity index (χ4n) is 1.95. The molecule has 0 saturated carbocycles. The Kier molecular flexibility index (Phi) is 2.68. The van der Waals surface area contributed by atoms with E-state index < -0.39 is 0 Å². The number of nitrogens with zero attached hydrogens (tertiary/aromatic N) is 3. The summed E-state index contributed by atoms with van der Waals surface area (Å²) in [6.07, 6.45) is 5.60. The van der Waals surface area contributed by atoms with Crippen molar-refractivity contribution in [3.63, 3.8) is 0 Å². The molecule has 0 aliphatic rings. The molecule has 4 heteroatoms. The van der Waals surface area contributed by atoms with E-state index in [9.17, 15) is 0 Å². The molecule has 3 rings (SSSR count). The summed E-state index contributed by atoms with van der Waals surface area (Å²) in [6, 6.07) is 10.3. The van der Waals surface area contributed by atoms with Crippen molar-refractivity contribution in [2.24, 2.45) is 7.05 Å². The SMILES string of the molecule is Cn1cc(NCc2ccc3ncccc3c2)cn1. The Balaban J connectivity index is 1.78. The van der Waals surface area contributed by atoms with E-state index in [-0.39, 0.29) is 0 Å². The Hall–Kier alpha value is -2.36. The van der Waals surface area contributed by atoms with Gasteiger partial charge in [0, 0.05) is 31.4 Å². The van der Waals surface area contributed by atoms with Gasteiger partial charge in [-0.25, -0.2) is 0 Å². The third kappa shape index (κ3) is 2.18. The monoisotopic (exact) mass is 238 g/mol. The zero-order valence-electron chi connectivity index (χ0n) is 10.2. The Morgan fingerprint density at radius 1 is 1.28 bits per heavy atom. The van der Waals surface area contributed by atoms with Crippen LogP contribution in [0.2, 0.25) is 0 Å². The van der Waals surface area contributed by atoms with Crippen LogP contribution in [0, 0.1) is 0 Å². The Bertz CT molecular complexity index is 672. The van der Waals surface area contributed by atoms with Gasteiger partial charge in [0.05, 0.1) is 17.4 Å². The van der Waals surface area contributed by atoms with Crippen LogP contribution >= 0.6 is 0 Å². The number of fused-ring (bicyclic) bond motifs is 1. The van der Waals surface area contributed by atoms with Crippen LogP contribution in [0.5, 0.6) is 0 Å². The van der Waals surface area contributed by atoms with Gasteiger partial charge in [-0.2, -0.15) is 5.10 Å². The average molecular weight is 238 g/mol. The number of pyridine rings is 1. The van der Waals surface area contributed by atoms with E-state index in [1.54, 1.807) is 4.68 Å². The summed E-state index contributed by atoms with van der Waals surface area (Å²) >= 11 is 0. The van der Waals surface area contributed by atoms with Crippen molar-refractivity contribution in [2.75, 3.05) is 5.32 Å². The summed E-state index contributed by atoms with van der Waals surface area (Å²) in [5, 5.41) is 8.64. The molecule has 0 aliphatic heterocycles. The predicted molar refractivity (Wildman–Crippen MR) is 72.3 cm³/mol. The van der Waals surface area contributed by atoms with Gasteiger partial charge in [-0.1, -0.05) is 12.1 Å². The summed E-state index contributed by atoms with van der Waals surface area (Å²) < 4.78 is 1.78. The zero-order chi connectivity index (χ0) is 12.4. The van der Waals surface area contributed by atoms with Crippen molar-refractivity contribution in [1.82, 2.24) is 14.8 Å². The number of aromatic nitrogens is 3. The van der Waals surface area contributed by atoms with E-state index in [2.05, 4.69) is 39.7 Å². The van der Waals surface area contributed by atoms with E-state index in [4.69, 9.17) is 0 Å². The second-order valence-corrected chi connectivity index (χ2v) is 4.29. The second kappa shape index (κ2) is 4.49. The zero-order valence-corrected chi connectivity index (χ0v) is 10.2. The summed E-state index contributed by atoms with van der Waals surface area (Å²) in [4.78, 5) is 4.31. The van der Waals surface area contributed by atoms with E-state index in [0.29, 0.717) is 0 Å². The standard InChI is InChI=1S/C14H14N4/c1-18-10-13(9-17-18)16-8-11-4-5-14-12(7-11)3-2-6-15-14/h2-7,9-10,16H,8H2,1H3. The molecular formula is C14H14N4. The van der Waals surface area contributed by atoms with E-state index in [0.717, 1.165) is 17.7 Å². The summed E-state index contributed by atoms with van der Waals surface area (Å²) in [5.74, 6) is 0. The number of rotatable bonds is 3. The van der Waals surface area contributed by atoms with Crippen LogP contribution in [0.4, 0.5) is 5.69 Å². The molecule has 18 heavy (non-hydrogen) atoms. The number of hydrogen-bond acceptors (Lipinski definition) is 3. The second-order valence-electron chi connectivity index (χ2n) is 4.29. The lowest BCUT2D eigenvalue weighted by molar-refractivity contribution is 0.768. The lowest BCUT2D eigenvalue weighted by Crippen LogP contribution is -1.98. The maximum atomic E-state index is 4.31. The normalized spacial score (nSPS) is 10.7. The van der Waals surface area contributed by atoms with Gasteiger partial charge in [0.25, 0.3) is 0 Å². The third-order valence-electron chi connectivity index (χ3n) is 2.87. The van der Waals surface area contributed by atoms with Gasteiger partial charge in [0.2, 0.25) is 0 Å². The molecule has 0 spiro atoms. The number of aryl methyl sites for hydroxylation is 1. The Labute approximate surface area is 105 Å². The number of anilines is 1. The number of hydrogen-bond donors (Lipinski definition) is 1. The van der Waals surface area contributed by atoms with Crippen LogP contribution in [-0.4, -0.2) is 14.8 Å². The van der Waals surface area contributed by atoms with Crippen LogP contribution in [-0.2, 0) is 13.6 Å². The van der Waals surface area contributed by atoms with Gasteiger partial charge in [-0.3, -0.25) is 9.67 Å². The van der Waals surface area contributed by atoms with Crippen LogP contribution in [0.1, 0.15) is 5.56 Å². The van der Waals surface area contributed by atoms with Crippen LogP contribution < -0.4 is 5.32 Å². The molecular weight excluding hydrogens is 224 g/mol. The van der Waals surface area contributed by atoms with Crippen LogP contribution in [0.25, 0.3) is 10.9 Å². The summed E-state index contributed by atoms with van der Waals surface area (Å²) in [7, 11) is 1.91. The molecule has 1 N–H and O–H groups in total. The maximum Gasteiger partial charge on any atom is 0.0729 e. The van der Waals surface area contributed by atoms with Gasteiger partial charge < -0.3 is 5.32 Å². The highest BCUT2D eigenvalue weighted by Crippen LogP contribution is 2.14. The molecule has 0 radical (unpaired) electrons. The molecule has 0 amide bonds. The third-order valence-corrected chi connectivity index (χ3v) is 2.87. The molecule has 1 aromatic carbocycles. The Morgan fingerprint density at radius 3 is 3.06 bits per heavy atom. The molecule has 0 bridgehead atoms. The molecule has 0 atom stereocenters. The molecule has 0 aliphatic carbocycles.